The second-order valence-electron chi connectivity index (χ2n) is 6.89. The molecule has 0 fully saturated rings. The number of alkyl halides is 6. The van der Waals surface area contributed by atoms with Gasteiger partial charge in [-0.25, -0.2) is 15.0 Å². The van der Waals surface area contributed by atoms with Crippen LogP contribution in [-0.2, 0) is 25.3 Å². The van der Waals surface area contributed by atoms with Crippen LogP contribution in [0.5, 0.6) is 0 Å². The number of hydrogen-bond donors (Lipinski definition) is 1. The highest BCUT2D eigenvalue weighted by molar-refractivity contribution is 5.62. The van der Waals surface area contributed by atoms with E-state index in [1.807, 2.05) is 0 Å². The minimum Gasteiger partial charge on any atom is -0.350 e. The molecule has 4 rings (SSSR count). The number of aromatic nitrogens is 3. The molecule has 0 saturated carbocycles. The summed E-state index contributed by atoms with van der Waals surface area (Å²) in [5.41, 5.74) is 0.0304. The Kier molecular flexibility index (Phi) is 5.19. The van der Waals surface area contributed by atoms with E-state index in [2.05, 4.69) is 20.3 Å². The van der Waals surface area contributed by atoms with Crippen molar-refractivity contribution in [2.24, 2.45) is 0 Å². The Balaban J connectivity index is 1.58. The van der Waals surface area contributed by atoms with Gasteiger partial charge >= 0.3 is 12.4 Å². The van der Waals surface area contributed by atoms with Crippen molar-refractivity contribution < 1.29 is 26.3 Å². The number of pyridine rings is 1. The van der Waals surface area contributed by atoms with E-state index in [1.54, 1.807) is 0 Å². The summed E-state index contributed by atoms with van der Waals surface area (Å²) in [6.45, 7) is 0.349. The summed E-state index contributed by atoms with van der Waals surface area (Å²) in [6, 6.07) is 6.70. The summed E-state index contributed by atoms with van der Waals surface area (Å²) in [4.78, 5) is 13.8. The maximum atomic E-state index is 13.3. The molecule has 0 bridgehead atoms. The van der Waals surface area contributed by atoms with Gasteiger partial charge in [-0.05, 0) is 42.8 Å². The second kappa shape index (κ2) is 7.71. The van der Waals surface area contributed by atoms with Gasteiger partial charge in [-0.1, -0.05) is 0 Å². The Labute approximate surface area is 172 Å². The predicted octanol–water partition coefficient (Wildman–Crippen LogP) is 5.22. The van der Waals surface area contributed by atoms with Gasteiger partial charge in [0.05, 0.1) is 23.4 Å². The standard InChI is InChI=1S/C20H15F6N5/c21-19(22,23)12-3-5-13(6-4-12)30-17-14-7-9-31(10-16(14)28-11-29-17)18-15(20(24,25)26)2-1-8-27-18/h1-6,8,11H,7,9-10H2,(H,28,29,30). The smallest absolute Gasteiger partial charge is 0.350 e. The van der Waals surface area contributed by atoms with Crippen molar-refractivity contribution in [1.29, 1.82) is 0 Å². The molecule has 0 atom stereocenters. The number of rotatable bonds is 3. The van der Waals surface area contributed by atoms with E-state index in [9.17, 15) is 26.3 Å². The van der Waals surface area contributed by atoms with Gasteiger partial charge in [-0.3, -0.25) is 0 Å². The van der Waals surface area contributed by atoms with E-state index >= 15 is 0 Å². The molecule has 0 amide bonds. The largest absolute Gasteiger partial charge is 0.419 e. The molecule has 1 aromatic carbocycles. The molecule has 3 aromatic rings. The van der Waals surface area contributed by atoms with Gasteiger partial charge < -0.3 is 10.2 Å². The molecule has 162 valence electrons. The normalized spacial score (nSPS) is 14.3. The third kappa shape index (κ3) is 4.39. The van der Waals surface area contributed by atoms with E-state index in [4.69, 9.17) is 0 Å². The molecule has 0 radical (unpaired) electrons. The topological polar surface area (TPSA) is 53.9 Å². The van der Waals surface area contributed by atoms with Crippen LogP contribution in [-0.4, -0.2) is 21.5 Å². The first-order valence-electron chi connectivity index (χ1n) is 9.17. The molecule has 1 aliphatic heterocycles. The first-order valence-corrected chi connectivity index (χ1v) is 9.17. The van der Waals surface area contributed by atoms with E-state index in [-0.39, 0.29) is 18.9 Å². The molecule has 2 aromatic heterocycles. The summed E-state index contributed by atoms with van der Waals surface area (Å²) in [5, 5.41) is 2.97. The van der Waals surface area contributed by atoms with Gasteiger partial charge in [0.1, 0.15) is 18.0 Å². The summed E-state index contributed by atoms with van der Waals surface area (Å²) in [5.74, 6) is 0.234. The Morgan fingerprint density at radius 2 is 1.61 bits per heavy atom. The molecular weight excluding hydrogens is 424 g/mol. The molecule has 0 aliphatic carbocycles. The molecule has 5 nitrogen and oxygen atoms in total. The van der Waals surface area contributed by atoms with E-state index < -0.39 is 23.5 Å². The van der Waals surface area contributed by atoms with Crippen LogP contribution in [0.1, 0.15) is 22.4 Å². The average Bonchev–Trinajstić information content (AvgIpc) is 2.73. The monoisotopic (exact) mass is 439 g/mol. The number of nitrogens with zero attached hydrogens (tertiary/aromatic N) is 4. The van der Waals surface area contributed by atoms with Crippen molar-refractivity contribution in [2.45, 2.75) is 25.3 Å². The van der Waals surface area contributed by atoms with Gasteiger partial charge in [-0.15, -0.1) is 0 Å². The van der Waals surface area contributed by atoms with Gasteiger partial charge in [0.15, 0.2) is 0 Å². The first kappa shape index (κ1) is 20.9. The van der Waals surface area contributed by atoms with E-state index in [1.165, 1.54) is 35.6 Å². The van der Waals surface area contributed by atoms with E-state index in [0.29, 0.717) is 29.2 Å². The van der Waals surface area contributed by atoms with Crippen LogP contribution in [0.4, 0.5) is 43.7 Å². The van der Waals surface area contributed by atoms with Crippen LogP contribution in [0.25, 0.3) is 0 Å². The van der Waals surface area contributed by atoms with Crippen LogP contribution in [0.3, 0.4) is 0 Å². The zero-order chi connectivity index (χ0) is 22.2. The van der Waals surface area contributed by atoms with Crippen molar-refractivity contribution in [3.05, 3.63) is 71.3 Å². The lowest BCUT2D eigenvalue weighted by Gasteiger charge is -2.31. The molecule has 3 heterocycles. The van der Waals surface area contributed by atoms with Gasteiger partial charge in [-0.2, -0.15) is 26.3 Å². The lowest BCUT2D eigenvalue weighted by atomic mass is 10.0. The fraction of sp³-hybridized carbons (Fsp3) is 0.250. The fourth-order valence-corrected chi connectivity index (χ4v) is 3.39. The van der Waals surface area contributed by atoms with Gasteiger partial charge in [0, 0.05) is 24.0 Å². The molecule has 0 unspecified atom stereocenters. The van der Waals surface area contributed by atoms with Crippen LogP contribution >= 0.6 is 0 Å². The van der Waals surface area contributed by atoms with Crippen molar-refractivity contribution in [2.75, 3.05) is 16.8 Å². The molecule has 11 heteroatoms. The quantitative estimate of drug-likeness (QED) is 0.568. The van der Waals surface area contributed by atoms with Gasteiger partial charge in [0.25, 0.3) is 0 Å². The highest BCUT2D eigenvalue weighted by atomic mass is 19.4. The Hall–Kier alpha value is -3.37. The molecular formula is C20H15F6N5. The summed E-state index contributed by atoms with van der Waals surface area (Å²) in [6.07, 6.45) is -6.07. The molecule has 31 heavy (non-hydrogen) atoms. The third-order valence-corrected chi connectivity index (χ3v) is 4.87. The first-order chi connectivity index (χ1) is 14.6. The zero-order valence-corrected chi connectivity index (χ0v) is 15.8. The third-order valence-electron chi connectivity index (χ3n) is 4.87. The Bertz CT molecular complexity index is 1080. The maximum absolute atomic E-state index is 13.3. The van der Waals surface area contributed by atoms with Crippen molar-refractivity contribution in [1.82, 2.24) is 15.0 Å². The van der Waals surface area contributed by atoms with Gasteiger partial charge in [0.2, 0.25) is 0 Å². The van der Waals surface area contributed by atoms with Crippen molar-refractivity contribution in [3.63, 3.8) is 0 Å². The number of halogens is 6. The molecule has 0 spiro atoms. The van der Waals surface area contributed by atoms with Crippen molar-refractivity contribution in [3.8, 4) is 0 Å². The van der Waals surface area contributed by atoms with Crippen LogP contribution in [0.15, 0.2) is 48.9 Å². The lowest BCUT2D eigenvalue weighted by molar-refractivity contribution is -0.138. The number of hydrogen-bond acceptors (Lipinski definition) is 5. The minimum atomic E-state index is -4.54. The minimum absolute atomic E-state index is 0.0969. The summed E-state index contributed by atoms with van der Waals surface area (Å²) in [7, 11) is 0. The van der Waals surface area contributed by atoms with E-state index in [0.717, 1.165) is 18.2 Å². The summed E-state index contributed by atoms with van der Waals surface area (Å²) < 4.78 is 78.2. The molecule has 1 aliphatic rings. The lowest BCUT2D eigenvalue weighted by Crippen LogP contribution is -2.34. The summed E-state index contributed by atoms with van der Waals surface area (Å²) >= 11 is 0. The van der Waals surface area contributed by atoms with Crippen LogP contribution < -0.4 is 10.2 Å². The van der Waals surface area contributed by atoms with Crippen molar-refractivity contribution >= 4 is 17.3 Å². The second-order valence-corrected chi connectivity index (χ2v) is 6.89. The van der Waals surface area contributed by atoms with Crippen LogP contribution in [0, 0.1) is 0 Å². The number of nitrogens with one attached hydrogen (secondary N) is 1. The molecule has 1 N–H and O–H groups in total. The predicted molar refractivity (Wildman–Crippen MR) is 101 cm³/mol. The highest BCUT2D eigenvalue weighted by Gasteiger charge is 2.36. The SMILES string of the molecule is FC(F)(F)c1ccc(Nc2ncnc3c2CCN(c2ncccc2C(F)(F)F)C3)cc1. The number of benzene rings is 1. The maximum Gasteiger partial charge on any atom is 0.419 e. The average molecular weight is 439 g/mol. The van der Waals surface area contributed by atoms with Crippen LogP contribution in [0.2, 0.25) is 0 Å². The number of fused-ring (bicyclic) bond motifs is 1. The molecule has 0 saturated heterocycles. The Morgan fingerprint density at radius 3 is 2.29 bits per heavy atom. The highest BCUT2D eigenvalue weighted by Crippen LogP contribution is 2.37. The number of anilines is 3. The zero-order valence-electron chi connectivity index (χ0n) is 15.8. The fourth-order valence-electron chi connectivity index (χ4n) is 3.39. The Morgan fingerprint density at radius 1 is 0.871 bits per heavy atom.